The highest BCUT2D eigenvalue weighted by molar-refractivity contribution is 6.09. The fourth-order valence-corrected chi connectivity index (χ4v) is 9.16. The van der Waals surface area contributed by atoms with Crippen LogP contribution in [0.3, 0.4) is 0 Å². The third-order valence-corrected chi connectivity index (χ3v) is 12.6. The van der Waals surface area contributed by atoms with Gasteiger partial charge in [-0.1, -0.05) is 176 Å². The molecule has 0 spiro atoms. The number of rotatable bonds is 8. The molecule has 0 amide bonds. The highest BCUT2D eigenvalue weighted by Gasteiger charge is 2.19. The molecule has 0 atom stereocenters. The lowest BCUT2D eigenvalue weighted by atomic mass is 9.98. The minimum Gasteiger partial charge on any atom is -0.456 e. The van der Waals surface area contributed by atoms with Crippen molar-refractivity contribution in [2.75, 3.05) is 0 Å². The van der Waals surface area contributed by atoms with Gasteiger partial charge < -0.3 is 8.83 Å². The third kappa shape index (κ3) is 7.06. The van der Waals surface area contributed by atoms with Gasteiger partial charge in [0.2, 0.25) is 0 Å². The van der Waals surface area contributed by atoms with Crippen LogP contribution in [0.2, 0.25) is 0 Å². The largest absolute Gasteiger partial charge is 0.456 e. The van der Waals surface area contributed by atoms with Crippen LogP contribution in [0.5, 0.6) is 0 Å². The second-order valence-electron chi connectivity index (χ2n) is 16.8. The van der Waals surface area contributed by atoms with Gasteiger partial charge in [-0.2, -0.15) is 0 Å². The van der Waals surface area contributed by atoms with E-state index in [9.17, 15) is 0 Å². The summed E-state index contributed by atoms with van der Waals surface area (Å²) in [5, 5.41) is 4.20. The zero-order valence-corrected chi connectivity index (χ0v) is 36.4. The molecule has 0 aliphatic heterocycles. The van der Waals surface area contributed by atoms with Crippen LogP contribution in [-0.4, -0.2) is 24.9 Å². The Kier molecular flexibility index (Phi) is 9.35. The number of aromatic nitrogens is 5. The molecule has 13 rings (SSSR count). The van der Waals surface area contributed by atoms with Gasteiger partial charge in [0, 0.05) is 49.4 Å². The Bertz CT molecular complexity index is 4030. The predicted octanol–water partition coefficient (Wildman–Crippen LogP) is 15.8. The maximum Gasteiger partial charge on any atom is 0.167 e. The van der Waals surface area contributed by atoms with Gasteiger partial charge in [0.05, 0.1) is 17.0 Å². The number of nitrogens with zero attached hydrogens (tertiary/aromatic N) is 5. The summed E-state index contributed by atoms with van der Waals surface area (Å²) in [6.45, 7) is 0. The van der Waals surface area contributed by atoms with E-state index in [4.69, 9.17) is 33.8 Å². The summed E-state index contributed by atoms with van der Waals surface area (Å²) in [7, 11) is 0. The first-order valence-corrected chi connectivity index (χ1v) is 22.6. The summed E-state index contributed by atoms with van der Waals surface area (Å²) in [5.41, 5.74) is 14.5. The normalized spacial score (nSPS) is 11.5. The second kappa shape index (κ2) is 16.3. The lowest BCUT2D eigenvalue weighted by Crippen LogP contribution is -2.00. The van der Waals surface area contributed by atoms with Gasteiger partial charge in [0.25, 0.3) is 0 Å². The Balaban J connectivity index is 0.910. The molecule has 318 valence electrons. The maximum atomic E-state index is 6.45. The molecule has 68 heavy (non-hydrogen) atoms. The smallest absolute Gasteiger partial charge is 0.167 e. The van der Waals surface area contributed by atoms with Crippen LogP contribution in [0.15, 0.2) is 233 Å². The second-order valence-corrected chi connectivity index (χ2v) is 16.8. The van der Waals surface area contributed by atoms with Gasteiger partial charge in [-0.3, -0.25) is 0 Å². The number of furan rings is 2. The van der Waals surface area contributed by atoms with Crippen molar-refractivity contribution in [3.05, 3.63) is 224 Å². The van der Waals surface area contributed by atoms with E-state index in [0.29, 0.717) is 23.3 Å². The van der Waals surface area contributed by atoms with Crippen molar-refractivity contribution in [3.63, 3.8) is 0 Å². The first-order chi connectivity index (χ1) is 33.6. The molecule has 7 heteroatoms. The van der Waals surface area contributed by atoms with Gasteiger partial charge >= 0.3 is 0 Å². The molecule has 4 heterocycles. The van der Waals surface area contributed by atoms with Crippen molar-refractivity contribution in [2.45, 2.75) is 0 Å². The highest BCUT2D eigenvalue weighted by Crippen LogP contribution is 2.38. The molecule has 0 saturated carbocycles. The molecule has 7 nitrogen and oxygen atoms in total. The van der Waals surface area contributed by atoms with Crippen LogP contribution in [0.25, 0.3) is 134 Å². The fraction of sp³-hybridized carbons (Fsp3) is 0. The number of benzene rings is 9. The third-order valence-electron chi connectivity index (χ3n) is 12.6. The summed E-state index contributed by atoms with van der Waals surface area (Å²) in [6.07, 6.45) is 0. The van der Waals surface area contributed by atoms with E-state index in [0.717, 1.165) is 111 Å². The molecule has 0 radical (unpaired) electrons. The first-order valence-electron chi connectivity index (χ1n) is 22.6. The summed E-state index contributed by atoms with van der Waals surface area (Å²) in [6, 6.07) is 76.5. The van der Waals surface area contributed by atoms with Crippen molar-refractivity contribution in [1.82, 2.24) is 24.9 Å². The van der Waals surface area contributed by atoms with Gasteiger partial charge in [0.1, 0.15) is 22.3 Å². The molecule has 9 aromatic carbocycles. The Morgan fingerprint density at radius 1 is 0.235 bits per heavy atom. The van der Waals surface area contributed by atoms with E-state index in [1.807, 2.05) is 97.1 Å². The quantitative estimate of drug-likeness (QED) is 0.150. The Morgan fingerprint density at radius 2 is 0.691 bits per heavy atom. The van der Waals surface area contributed by atoms with E-state index in [2.05, 4.69) is 127 Å². The molecule has 4 aromatic heterocycles. The molecule has 13 aromatic rings. The van der Waals surface area contributed by atoms with Crippen LogP contribution in [0.1, 0.15) is 0 Å². The van der Waals surface area contributed by atoms with Gasteiger partial charge in [-0.25, -0.2) is 24.9 Å². The van der Waals surface area contributed by atoms with E-state index in [1.54, 1.807) is 0 Å². The number of hydrogen-bond acceptors (Lipinski definition) is 7. The van der Waals surface area contributed by atoms with Crippen LogP contribution >= 0.6 is 0 Å². The average molecular weight is 872 g/mol. The minimum absolute atomic E-state index is 0.537. The van der Waals surface area contributed by atoms with Gasteiger partial charge in [0.15, 0.2) is 23.3 Å². The van der Waals surface area contributed by atoms with Crippen LogP contribution in [0, 0.1) is 0 Å². The molecule has 0 aliphatic rings. The van der Waals surface area contributed by atoms with Gasteiger partial charge in [-0.05, 0) is 70.8 Å². The maximum absolute atomic E-state index is 6.45. The molecule has 0 N–H and O–H groups in total. The Morgan fingerprint density at radius 3 is 1.44 bits per heavy atom. The number of hydrogen-bond donors (Lipinski definition) is 0. The molecule has 0 bridgehead atoms. The van der Waals surface area contributed by atoms with Crippen molar-refractivity contribution in [3.8, 4) is 90.3 Å². The predicted molar refractivity (Wildman–Crippen MR) is 273 cm³/mol. The summed E-state index contributed by atoms with van der Waals surface area (Å²) >= 11 is 0. The zero-order valence-electron chi connectivity index (χ0n) is 36.4. The molecule has 0 saturated heterocycles. The van der Waals surface area contributed by atoms with Crippen molar-refractivity contribution >= 4 is 43.9 Å². The zero-order chi connectivity index (χ0) is 45.0. The van der Waals surface area contributed by atoms with Crippen LogP contribution < -0.4 is 0 Å². The Hall–Kier alpha value is -9.33. The summed E-state index contributed by atoms with van der Waals surface area (Å²) in [5.74, 6) is 2.29. The monoisotopic (exact) mass is 871 g/mol. The number of fused-ring (bicyclic) bond motifs is 6. The van der Waals surface area contributed by atoms with Crippen molar-refractivity contribution < 1.29 is 8.83 Å². The number of para-hydroxylation sites is 3. The first kappa shape index (κ1) is 39.1. The van der Waals surface area contributed by atoms with E-state index in [1.165, 1.54) is 0 Å². The topological polar surface area (TPSA) is 90.7 Å². The fourth-order valence-electron chi connectivity index (χ4n) is 9.16. The lowest BCUT2D eigenvalue weighted by molar-refractivity contribution is 0.669. The van der Waals surface area contributed by atoms with Crippen LogP contribution in [-0.2, 0) is 0 Å². The van der Waals surface area contributed by atoms with Gasteiger partial charge in [-0.15, -0.1) is 0 Å². The summed E-state index contributed by atoms with van der Waals surface area (Å²) < 4.78 is 12.8. The minimum atomic E-state index is 0.537. The molecular formula is C61H37N5O2. The molecule has 0 fully saturated rings. The van der Waals surface area contributed by atoms with Crippen molar-refractivity contribution in [2.24, 2.45) is 0 Å². The van der Waals surface area contributed by atoms with E-state index in [-0.39, 0.29) is 0 Å². The standard InChI is InChI=1S/C61H37N5O2/c1-3-14-38(15-4-1)39-28-30-40(31-29-39)52-37-53(63-59(62-52)46-32-33-49-47-22-7-9-26-54(47)67-56(49)36-46)44-20-11-18-42(34-44)43-19-12-21-45(35-43)60-64-58(41-16-5-2-6-17-41)65-61(66-60)51-25-13-24-50-48-23-8-10-27-55(48)68-57(50)51/h1-37H. The van der Waals surface area contributed by atoms with Crippen LogP contribution in [0.4, 0.5) is 0 Å². The van der Waals surface area contributed by atoms with E-state index < -0.39 is 0 Å². The lowest BCUT2D eigenvalue weighted by Gasteiger charge is -2.12. The summed E-state index contributed by atoms with van der Waals surface area (Å²) in [4.78, 5) is 25.7. The average Bonchev–Trinajstić information content (AvgIpc) is 4.00. The Labute approximate surface area is 390 Å². The van der Waals surface area contributed by atoms with Crippen molar-refractivity contribution in [1.29, 1.82) is 0 Å². The van der Waals surface area contributed by atoms with E-state index >= 15 is 0 Å². The molecule has 0 unspecified atom stereocenters. The molecular weight excluding hydrogens is 835 g/mol. The SMILES string of the molecule is c1ccc(-c2ccc(-c3cc(-c4cccc(-c5cccc(-c6nc(-c7ccccc7)nc(-c7cccc8c7oc7ccccc78)n6)c5)c4)nc(-c4ccc5c(c4)oc4ccccc45)n3)cc2)cc1. The molecule has 0 aliphatic carbocycles. The highest BCUT2D eigenvalue weighted by atomic mass is 16.3.